The van der Waals surface area contributed by atoms with Crippen molar-refractivity contribution in [2.24, 2.45) is 10.9 Å². The lowest BCUT2D eigenvalue weighted by atomic mass is 9.90. The number of carbonyl (C=O) groups is 1. The van der Waals surface area contributed by atoms with E-state index >= 15 is 0 Å². The van der Waals surface area contributed by atoms with Crippen LogP contribution >= 0.6 is 0 Å². The van der Waals surface area contributed by atoms with Crippen LogP contribution in [0.4, 0.5) is 17.1 Å². The van der Waals surface area contributed by atoms with Gasteiger partial charge in [0.2, 0.25) is 0 Å². The minimum absolute atomic E-state index is 0.0752. The zero-order chi connectivity index (χ0) is 22.5. The zero-order valence-corrected chi connectivity index (χ0v) is 17.8. The van der Waals surface area contributed by atoms with Gasteiger partial charge in [-0.05, 0) is 24.8 Å². The second kappa shape index (κ2) is 9.78. The third-order valence-electron chi connectivity index (χ3n) is 6.06. The van der Waals surface area contributed by atoms with Crippen molar-refractivity contribution in [3.8, 4) is 6.07 Å². The molecule has 2 aliphatic heterocycles. The Hall–Kier alpha value is -3.45. The number of nitro benzene ring substituents is 1. The molecule has 2 fully saturated rings. The first-order valence-corrected chi connectivity index (χ1v) is 11.0. The molecule has 0 atom stereocenters. The molecule has 0 amide bonds. The molecule has 3 aliphatic rings. The highest BCUT2D eigenvalue weighted by Gasteiger charge is 2.30. The molecular formula is C22H26N6O4. The first kappa shape index (κ1) is 21.8. The Labute approximate surface area is 186 Å². The van der Waals surface area contributed by atoms with E-state index < -0.39 is 10.9 Å². The van der Waals surface area contributed by atoms with E-state index in [1.165, 1.54) is 24.6 Å². The SMILES string of the molecule is N#C/C(C(=O)OCC1CCCCC1)=C1/Nc2ccc([N+](=O)[O-])cc2N=C1N1CCNCC1. The topological polar surface area (TPSA) is 133 Å². The monoisotopic (exact) mass is 438 g/mol. The second-order valence-electron chi connectivity index (χ2n) is 8.22. The number of non-ortho nitro benzene ring substituents is 1. The maximum absolute atomic E-state index is 12.9. The summed E-state index contributed by atoms with van der Waals surface area (Å²) in [5.74, 6) is 0.0824. The number of hydrogen-bond donors (Lipinski definition) is 2. The summed E-state index contributed by atoms with van der Waals surface area (Å²) in [7, 11) is 0. The Bertz CT molecular complexity index is 1000. The summed E-state index contributed by atoms with van der Waals surface area (Å²) in [6, 6.07) is 6.28. The number of piperazine rings is 1. The predicted octanol–water partition coefficient (Wildman–Crippen LogP) is 2.86. The number of nitriles is 1. The van der Waals surface area contributed by atoms with Crippen molar-refractivity contribution in [1.82, 2.24) is 10.2 Å². The molecule has 0 aromatic heterocycles. The van der Waals surface area contributed by atoms with E-state index in [4.69, 9.17) is 4.74 Å². The largest absolute Gasteiger partial charge is 0.461 e. The van der Waals surface area contributed by atoms with E-state index in [2.05, 4.69) is 15.6 Å². The molecule has 1 saturated carbocycles. The maximum atomic E-state index is 12.9. The number of nitro groups is 1. The number of amidine groups is 1. The van der Waals surface area contributed by atoms with Gasteiger partial charge in [0.1, 0.15) is 11.8 Å². The van der Waals surface area contributed by atoms with E-state index in [-0.39, 0.29) is 17.0 Å². The predicted molar refractivity (Wildman–Crippen MR) is 118 cm³/mol. The Kier molecular flexibility index (Phi) is 6.66. The van der Waals surface area contributed by atoms with Crippen molar-refractivity contribution in [3.05, 3.63) is 39.6 Å². The Morgan fingerprint density at radius 1 is 1.28 bits per heavy atom. The number of rotatable bonds is 4. The van der Waals surface area contributed by atoms with Gasteiger partial charge in [0.15, 0.2) is 11.4 Å². The Morgan fingerprint density at radius 3 is 2.72 bits per heavy atom. The summed E-state index contributed by atoms with van der Waals surface area (Å²) in [5.41, 5.74) is 0.960. The smallest absolute Gasteiger partial charge is 0.351 e. The molecule has 1 aliphatic carbocycles. The van der Waals surface area contributed by atoms with Crippen LogP contribution in [0.15, 0.2) is 34.5 Å². The molecule has 1 aromatic rings. The van der Waals surface area contributed by atoms with Gasteiger partial charge in [-0.15, -0.1) is 0 Å². The van der Waals surface area contributed by atoms with Crippen LogP contribution in [-0.4, -0.2) is 54.4 Å². The minimum Gasteiger partial charge on any atom is -0.461 e. The molecule has 0 radical (unpaired) electrons. The van der Waals surface area contributed by atoms with Gasteiger partial charge in [-0.1, -0.05) is 19.3 Å². The maximum Gasteiger partial charge on any atom is 0.351 e. The van der Waals surface area contributed by atoms with Crippen LogP contribution in [0.5, 0.6) is 0 Å². The van der Waals surface area contributed by atoms with E-state index in [1.807, 2.05) is 11.0 Å². The van der Waals surface area contributed by atoms with Crippen LogP contribution in [0.1, 0.15) is 32.1 Å². The van der Waals surface area contributed by atoms with E-state index in [1.54, 1.807) is 0 Å². The number of esters is 1. The highest BCUT2D eigenvalue weighted by atomic mass is 16.6. The third kappa shape index (κ3) is 4.73. The van der Waals surface area contributed by atoms with Gasteiger partial charge in [0.05, 0.1) is 22.9 Å². The lowest BCUT2D eigenvalue weighted by Crippen LogP contribution is -2.48. The van der Waals surface area contributed by atoms with E-state index in [9.17, 15) is 20.2 Å². The summed E-state index contributed by atoms with van der Waals surface area (Å²) in [6.45, 7) is 3.01. The van der Waals surface area contributed by atoms with Crippen molar-refractivity contribution in [2.45, 2.75) is 32.1 Å². The molecular weight excluding hydrogens is 412 g/mol. The lowest BCUT2D eigenvalue weighted by molar-refractivity contribution is -0.384. The molecule has 2 N–H and O–H groups in total. The highest BCUT2D eigenvalue weighted by molar-refractivity contribution is 6.12. The first-order chi connectivity index (χ1) is 15.6. The van der Waals surface area contributed by atoms with Crippen molar-refractivity contribution in [2.75, 3.05) is 38.1 Å². The number of nitrogens with one attached hydrogen (secondary N) is 2. The highest BCUT2D eigenvalue weighted by Crippen LogP contribution is 2.36. The molecule has 0 spiro atoms. The van der Waals surface area contributed by atoms with E-state index in [0.717, 1.165) is 38.8 Å². The normalized spacial score (nSPS) is 20.3. The molecule has 10 nitrogen and oxygen atoms in total. The summed E-state index contributed by atoms with van der Waals surface area (Å²) in [4.78, 5) is 30.2. The van der Waals surface area contributed by atoms with Crippen LogP contribution < -0.4 is 10.6 Å². The van der Waals surface area contributed by atoms with Gasteiger partial charge >= 0.3 is 5.97 Å². The average molecular weight is 438 g/mol. The van der Waals surface area contributed by atoms with Crippen LogP contribution in [0.25, 0.3) is 0 Å². The molecule has 1 saturated heterocycles. The molecule has 168 valence electrons. The number of carbonyl (C=O) groups excluding carboxylic acids is 1. The van der Waals surface area contributed by atoms with Gasteiger partial charge in [0.25, 0.3) is 5.69 Å². The number of nitrogens with zero attached hydrogens (tertiary/aromatic N) is 4. The minimum atomic E-state index is -0.672. The van der Waals surface area contributed by atoms with Gasteiger partial charge in [0, 0.05) is 38.3 Å². The number of aliphatic imine (C=N–C) groups is 1. The lowest BCUT2D eigenvalue weighted by Gasteiger charge is -2.34. The van der Waals surface area contributed by atoms with Crippen molar-refractivity contribution >= 4 is 28.9 Å². The fourth-order valence-corrected chi connectivity index (χ4v) is 4.30. The number of anilines is 1. The van der Waals surface area contributed by atoms with Gasteiger partial charge in [-0.3, -0.25) is 10.1 Å². The molecule has 0 unspecified atom stereocenters. The van der Waals surface area contributed by atoms with E-state index in [0.29, 0.717) is 42.8 Å². The summed E-state index contributed by atoms with van der Waals surface area (Å²) in [6.07, 6.45) is 5.55. The standard InChI is InChI=1S/C22H26N6O4/c23-13-17(22(29)32-14-15-4-2-1-3-5-15)20-21(27-10-8-24-9-11-27)26-19-12-16(28(30)31)6-7-18(19)25-20/h6-7,12,15,24-25H,1-5,8-11,14H2/b20-17-. The molecule has 2 heterocycles. The Morgan fingerprint density at radius 2 is 2.03 bits per heavy atom. The zero-order valence-electron chi connectivity index (χ0n) is 17.8. The Balaban J connectivity index is 1.66. The summed E-state index contributed by atoms with van der Waals surface area (Å²) < 4.78 is 5.53. The van der Waals surface area contributed by atoms with Crippen LogP contribution in [0.2, 0.25) is 0 Å². The van der Waals surface area contributed by atoms with Crippen LogP contribution in [0, 0.1) is 27.4 Å². The number of fused-ring (bicyclic) bond motifs is 1. The fourth-order valence-electron chi connectivity index (χ4n) is 4.30. The number of hydrogen-bond acceptors (Lipinski definition) is 9. The van der Waals surface area contributed by atoms with Gasteiger partial charge in [-0.2, -0.15) is 5.26 Å². The van der Waals surface area contributed by atoms with Crippen molar-refractivity contribution < 1.29 is 14.5 Å². The van der Waals surface area contributed by atoms with Crippen molar-refractivity contribution in [3.63, 3.8) is 0 Å². The summed E-state index contributed by atoms with van der Waals surface area (Å²) in [5, 5.41) is 27.4. The van der Waals surface area contributed by atoms with Gasteiger partial charge in [-0.25, -0.2) is 9.79 Å². The quantitative estimate of drug-likeness (QED) is 0.241. The fraction of sp³-hybridized carbons (Fsp3) is 0.500. The van der Waals surface area contributed by atoms with Crippen molar-refractivity contribution in [1.29, 1.82) is 5.26 Å². The van der Waals surface area contributed by atoms with Gasteiger partial charge < -0.3 is 20.3 Å². The molecule has 0 bridgehead atoms. The summed E-state index contributed by atoms with van der Waals surface area (Å²) >= 11 is 0. The molecule has 32 heavy (non-hydrogen) atoms. The van der Waals surface area contributed by atoms with Crippen LogP contribution in [-0.2, 0) is 9.53 Å². The number of ether oxygens (including phenoxy) is 1. The average Bonchev–Trinajstić information content (AvgIpc) is 2.83. The second-order valence-corrected chi connectivity index (χ2v) is 8.22. The number of benzene rings is 1. The molecule has 4 rings (SSSR count). The third-order valence-corrected chi connectivity index (χ3v) is 6.06. The first-order valence-electron chi connectivity index (χ1n) is 11.0. The van der Waals surface area contributed by atoms with Crippen LogP contribution in [0.3, 0.4) is 0 Å². The molecule has 1 aromatic carbocycles. The molecule has 10 heteroatoms.